The van der Waals surface area contributed by atoms with E-state index >= 15 is 0 Å². The summed E-state index contributed by atoms with van der Waals surface area (Å²) < 4.78 is 0. The molecule has 6 aromatic rings. The van der Waals surface area contributed by atoms with E-state index in [1.165, 1.54) is 68.3 Å². The average Bonchev–Trinajstić information content (AvgIpc) is 3.69. The van der Waals surface area contributed by atoms with Crippen molar-refractivity contribution < 1.29 is 0 Å². The van der Waals surface area contributed by atoms with E-state index in [1.54, 1.807) is 0 Å². The summed E-state index contributed by atoms with van der Waals surface area (Å²) in [5.74, 6) is 0.313. The van der Waals surface area contributed by atoms with Crippen molar-refractivity contribution in [2.24, 2.45) is 0 Å². The maximum Gasteiger partial charge on any atom is 0.0458 e. The van der Waals surface area contributed by atoms with Crippen LogP contribution in [0.5, 0.6) is 0 Å². The third kappa shape index (κ3) is 15.5. The molecule has 0 radical (unpaired) electrons. The van der Waals surface area contributed by atoms with Gasteiger partial charge >= 0.3 is 0 Å². The Morgan fingerprint density at radius 3 is 1.18 bits per heavy atom. The Hall–Kier alpha value is -6.12. The van der Waals surface area contributed by atoms with Gasteiger partial charge in [-0.15, -0.1) is 0 Å². The molecule has 0 aliphatic heterocycles. The van der Waals surface area contributed by atoms with E-state index in [1.807, 2.05) is 78.0 Å². The van der Waals surface area contributed by atoms with Crippen molar-refractivity contribution >= 4 is 22.7 Å². The van der Waals surface area contributed by atoms with Crippen molar-refractivity contribution in [2.75, 3.05) is 16.8 Å². The smallest absolute Gasteiger partial charge is 0.0458 e. The maximum absolute atomic E-state index is 2.31. The van der Waals surface area contributed by atoms with Crippen molar-refractivity contribution in [3.8, 4) is 11.1 Å². The van der Waals surface area contributed by atoms with Gasteiger partial charge in [-0.3, -0.25) is 0 Å². The fraction of sp³-hybridized carbons (Fsp3) is 0.254. The first-order valence-corrected chi connectivity index (χ1v) is 22.4. The molecule has 0 amide bonds. The Labute approximate surface area is 372 Å². The van der Waals surface area contributed by atoms with Gasteiger partial charge in [-0.05, 0) is 124 Å². The number of nitrogens with zero attached hydrogens (tertiary/aromatic N) is 2. The summed E-state index contributed by atoms with van der Waals surface area (Å²) >= 11 is 0. The minimum atomic E-state index is 0.313. The lowest BCUT2D eigenvalue weighted by atomic mass is 9.89. The largest absolute Gasteiger partial charge is 0.345 e. The highest BCUT2D eigenvalue weighted by atomic mass is 15.1. The Morgan fingerprint density at radius 2 is 0.836 bits per heavy atom. The second-order valence-electron chi connectivity index (χ2n) is 13.8. The Balaban J connectivity index is 0.000000324. The Bertz CT molecular complexity index is 2060. The van der Waals surface area contributed by atoms with E-state index in [9.17, 15) is 0 Å². The summed E-state index contributed by atoms with van der Waals surface area (Å²) in [7, 11) is 2.12. The van der Waals surface area contributed by atoms with Crippen molar-refractivity contribution in [1.29, 1.82) is 0 Å². The fourth-order valence-corrected chi connectivity index (χ4v) is 6.76. The first kappa shape index (κ1) is 51.0. The molecule has 0 saturated heterocycles. The van der Waals surface area contributed by atoms with Crippen LogP contribution in [0.15, 0.2) is 212 Å². The van der Waals surface area contributed by atoms with Crippen LogP contribution in [0.3, 0.4) is 0 Å². The number of hydrogen-bond acceptors (Lipinski definition) is 2. The van der Waals surface area contributed by atoms with Crippen LogP contribution in [0, 0.1) is 0 Å². The van der Waals surface area contributed by atoms with Gasteiger partial charge < -0.3 is 9.80 Å². The van der Waals surface area contributed by atoms with E-state index in [0.29, 0.717) is 5.92 Å². The van der Waals surface area contributed by atoms with E-state index in [4.69, 9.17) is 0 Å². The minimum absolute atomic E-state index is 0.313. The Morgan fingerprint density at radius 1 is 0.459 bits per heavy atom. The standard InChI is InChI=1S/C26H21N.C17H19N.C6H12.C6H10.2C2H6/c1-27(20-9-3-2-4-10-20)21-17-15-19(16-18-21)26-24-13-7-5-11-22(24)23-12-6-8-14-25(23)26;1-3-15(4-2)18(16-11-7-5-8-12-16)17-13-9-6-10-14-17;1-4-6(3)5-2;1-3-5-6-4-2;2*1-2/h2-18,26H,1H3;3,5-14H,4H2,1-2H3;4H,5H2,1-3H3;3-6H,1-2H3;2*1-2H3/b;15-3+;6-4-;5-3-,6-4-;;. The van der Waals surface area contributed by atoms with Gasteiger partial charge in [0.25, 0.3) is 0 Å². The molecule has 1 aliphatic carbocycles. The molecule has 0 heterocycles. The van der Waals surface area contributed by atoms with Gasteiger partial charge in [0, 0.05) is 41.4 Å². The van der Waals surface area contributed by atoms with Gasteiger partial charge in [0.1, 0.15) is 0 Å². The predicted octanol–water partition coefficient (Wildman–Crippen LogP) is 18.3. The molecule has 0 saturated carbocycles. The summed E-state index contributed by atoms with van der Waals surface area (Å²) in [6.07, 6.45) is 14.5. The molecule has 0 N–H and O–H groups in total. The van der Waals surface area contributed by atoms with Gasteiger partial charge in [0.05, 0.1) is 0 Å². The second-order valence-corrected chi connectivity index (χ2v) is 13.8. The molecule has 61 heavy (non-hydrogen) atoms. The molecule has 0 spiro atoms. The van der Waals surface area contributed by atoms with Crippen molar-refractivity contribution in [3.05, 3.63) is 228 Å². The highest BCUT2D eigenvalue weighted by molar-refractivity contribution is 5.81. The molecule has 0 bridgehead atoms. The molecule has 0 atom stereocenters. The van der Waals surface area contributed by atoms with Crippen LogP contribution < -0.4 is 9.80 Å². The quantitative estimate of drug-likeness (QED) is 0.106. The van der Waals surface area contributed by atoms with Crippen molar-refractivity contribution in [3.63, 3.8) is 0 Å². The minimum Gasteiger partial charge on any atom is -0.345 e. The summed E-state index contributed by atoms with van der Waals surface area (Å²) in [5.41, 5.74) is 14.5. The second kappa shape index (κ2) is 30.0. The molecule has 0 aromatic heterocycles. The third-order valence-electron chi connectivity index (χ3n) is 10.1. The molecule has 2 heteroatoms. The van der Waals surface area contributed by atoms with Crippen LogP contribution >= 0.6 is 0 Å². The monoisotopic (exact) mass is 811 g/mol. The average molecular weight is 811 g/mol. The van der Waals surface area contributed by atoms with Gasteiger partial charge in [0.15, 0.2) is 0 Å². The zero-order valence-corrected chi connectivity index (χ0v) is 39.4. The zero-order valence-electron chi connectivity index (χ0n) is 39.4. The number of rotatable bonds is 9. The fourth-order valence-electron chi connectivity index (χ4n) is 6.76. The summed E-state index contributed by atoms with van der Waals surface area (Å²) in [4.78, 5) is 4.53. The number of fused-ring (bicyclic) bond motifs is 3. The lowest BCUT2D eigenvalue weighted by Crippen LogP contribution is -2.15. The van der Waals surface area contributed by atoms with Crippen LogP contribution in [0.2, 0.25) is 0 Å². The Kier molecular flexibility index (Phi) is 25.1. The maximum atomic E-state index is 2.31. The molecule has 0 fully saturated rings. The molecule has 320 valence electrons. The van der Waals surface area contributed by atoms with Crippen molar-refractivity contribution in [2.45, 2.75) is 94.9 Å². The van der Waals surface area contributed by atoms with Crippen LogP contribution in [0.25, 0.3) is 11.1 Å². The van der Waals surface area contributed by atoms with Crippen LogP contribution in [0.4, 0.5) is 22.7 Å². The first-order chi connectivity index (χ1) is 29.9. The van der Waals surface area contributed by atoms with Crippen LogP contribution in [0.1, 0.15) is 112 Å². The molecule has 1 aliphatic rings. The van der Waals surface area contributed by atoms with E-state index in [0.717, 1.165) is 6.42 Å². The third-order valence-corrected chi connectivity index (χ3v) is 10.1. The highest BCUT2D eigenvalue weighted by Gasteiger charge is 2.29. The number of allylic oxidation sites excluding steroid dienone is 8. The number of para-hydroxylation sites is 3. The number of benzene rings is 6. The normalized spacial score (nSPS) is 11.4. The van der Waals surface area contributed by atoms with Crippen molar-refractivity contribution in [1.82, 2.24) is 0 Å². The molecular weight excluding hydrogens is 737 g/mol. The molecule has 7 rings (SSSR count). The number of hydrogen-bond donors (Lipinski definition) is 0. The van der Waals surface area contributed by atoms with Gasteiger partial charge in [0.2, 0.25) is 0 Å². The van der Waals surface area contributed by atoms with E-state index in [-0.39, 0.29) is 0 Å². The molecular formula is C59H74N2. The highest BCUT2D eigenvalue weighted by Crippen LogP contribution is 2.48. The molecule has 6 aromatic carbocycles. The van der Waals surface area contributed by atoms with E-state index in [2.05, 4.69) is 215 Å². The summed E-state index contributed by atoms with van der Waals surface area (Å²) in [6, 6.07) is 58.1. The topological polar surface area (TPSA) is 6.48 Å². The lowest BCUT2D eigenvalue weighted by molar-refractivity contribution is 1.01. The zero-order chi connectivity index (χ0) is 44.8. The predicted molar refractivity (Wildman–Crippen MR) is 275 cm³/mol. The number of anilines is 4. The van der Waals surface area contributed by atoms with Crippen LogP contribution in [-0.4, -0.2) is 7.05 Å². The summed E-state index contributed by atoms with van der Waals surface area (Å²) in [5, 5.41) is 0. The summed E-state index contributed by atoms with van der Waals surface area (Å²) in [6.45, 7) is 22.7. The van der Waals surface area contributed by atoms with E-state index < -0.39 is 0 Å². The van der Waals surface area contributed by atoms with Crippen LogP contribution in [-0.2, 0) is 0 Å². The molecule has 2 nitrogen and oxygen atoms in total. The SMILES string of the molecule is C/C=C(/C)CC.C/C=C(\CC)N(c1ccccc1)c1ccccc1.C/C=C\C=C/C.CC.CC.CN(c1ccccc1)c1ccc(C2c3ccccc3-c3ccccc32)cc1. The molecule has 0 unspecified atom stereocenters. The first-order valence-electron chi connectivity index (χ1n) is 22.4. The van der Waals surface area contributed by atoms with Gasteiger partial charge in [-0.1, -0.05) is 199 Å². The van der Waals surface area contributed by atoms with Gasteiger partial charge in [-0.2, -0.15) is 0 Å². The van der Waals surface area contributed by atoms with Gasteiger partial charge in [-0.25, -0.2) is 0 Å². The lowest BCUT2D eigenvalue weighted by Gasteiger charge is -2.27.